The second-order valence-electron chi connectivity index (χ2n) is 6.70. The van der Waals surface area contributed by atoms with Crippen LogP contribution in [0.15, 0.2) is 30.5 Å². The minimum absolute atomic E-state index is 0.0128. The summed E-state index contributed by atoms with van der Waals surface area (Å²) in [4.78, 5) is 16.4. The summed E-state index contributed by atoms with van der Waals surface area (Å²) in [5, 5.41) is 3.78. The Hall–Kier alpha value is -2.89. The van der Waals surface area contributed by atoms with Gasteiger partial charge in [-0.25, -0.2) is 9.37 Å². The number of pyridine rings is 1. The number of carbonyl (C=O) groups is 1. The van der Waals surface area contributed by atoms with E-state index in [-0.39, 0.29) is 17.6 Å². The number of methoxy groups -OCH3 is 1. The van der Waals surface area contributed by atoms with Gasteiger partial charge in [0.15, 0.2) is 0 Å². The maximum absolute atomic E-state index is 14.6. The third kappa shape index (κ3) is 2.62. The van der Waals surface area contributed by atoms with E-state index in [1.807, 2.05) is 24.6 Å². The minimum atomic E-state index is -0.339. The van der Waals surface area contributed by atoms with E-state index in [9.17, 15) is 9.18 Å². The number of nitrogens with one attached hydrogen (secondary N) is 1. The zero-order valence-electron chi connectivity index (χ0n) is 15.0. The van der Waals surface area contributed by atoms with E-state index in [1.165, 1.54) is 13.2 Å². The first kappa shape index (κ1) is 16.6. The third-order valence-corrected chi connectivity index (χ3v) is 4.97. The monoisotopic (exact) mass is 353 g/mol. The van der Waals surface area contributed by atoms with E-state index in [1.54, 1.807) is 18.3 Å². The zero-order chi connectivity index (χ0) is 18.4. The van der Waals surface area contributed by atoms with Gasteiger partial charge in [-0.15, -0.1) is 0 Å². The largest absolute Gasteiger partial charge is 0.496 e. The van der Waals surface area contributed by atoms with Gasteiger partial charge in [-0.05, 0) is 37.5 Å². The molecule has 5 nitrogen and oxygen atoms in total. The lowest BCUT2D eigenvalue weighted by atomic mass is 10.1. The van der Waals surface area contributed by atoms with E-state index in [0.717, 1.165) is 35.0 Å². The van der Waals surface area contributed by atoms with Crippen molar-refractivity contribution in [2.24, 2.45) is 13.0 Å². The van der Waals surface area contributed by atoms with Crippen LogP contribution < -0.4 is 10.1 Å². The Kier molecular flexibility index (Phi) is 3.90. The molecule has 0 aliphatic heterocycles. The summed E-state index contributed by atoms with van der Waals surface area (Å²) in [5.41, 5.74) is 2.96. The van der Waals surface area contributed by atoms with Crippen LogP contribution in [0.1, 0.15) is 18.4 Å². The average molecular weight is 353 g/mol. The fourth-order valence-electron chi connectivity index (χ4n) is 3.41. The Labute approximate surface area is 150 Å². The van der Waals surface area contributed by atoms with Crippen LogP contribution in [0.2, 0.25) is 0 Å². The molecular formula is C20H20FN3O2. The number of aromatic nitrogens is 2. The highest BCUT2D eigenvalue weighted by atomic mass is 19.1. The number of fused-ring (bicyclic) bond motifs is 1. The molecule has 1 fully saturated rings. The van der Waals surface area contributed by atoms with Crippen LogP contribution in [0, 0.1) is 18.7 Å². The molecule has 26 heavy (non-hydrogen) atoms. The molecule has 1 amide bonds. The van der Waals surface area contributed by atoms with Gasteiger partial charge in [0.1, 0.15) is 17.4 Å². The summed E-state index contributed by atoms with van der Waals surface area (Å²) in [6, 6.07) is 6.63. The highest BCUT2D eigenvalue weighted by molar-refractivity contribution is 5.97. The lowest BCUT2D eigenvalue weighted by molar-refractivity contribution is -0.117. The Balaban J connectivity index is 1.85. The van der Waals surface area contributed by atoms with Crippen molar-refractivity contribution in [1.29, 1.82) is 0 Å². The summed E-state index contributed by atoms with van der Waals surface area (Å²) in [5.74, 6) is 0.782. The van der Waals surface area contributed by atoms with Crippen LogP contribution in [0.5, 0.6) is 5.75 Å². The normalized spacial score (nSPS) is 13.8. The topological polar surface area (TPSA) is 56.1 Å². The summed E-state index contributed by atoms with van der Waals surface area (Å²) in [7, 11) is 3.41. The molecule has 0 saturated heterocycles. The van der Waals surface area contributed by atoms with Gasteiger partial charge in [0.2, 0.25) is 5.91 Å². The molecule has 1 N–H and O–H groups in total. The van der Waals surface area contributed by atoms with E-state index in [2.05, 4.69) is 10.3 Å². The SMILES string of the molecule is COc1cccc(F)c1-c1c(C)c2cnc(NC(=O)C3CC3)cc2n1C. The van der Waals surface area contributed by atoms with Gasteiger partial charge < -0.3 is 14.6 Å². The molecule has 1 aliphatic carbocycles. The summed E-state index contributed by atoms with van der Waals surface area (Å²) < 4.78 is 21.9. The lowest BCUT2D eigenvalue weighted by Gasteiger charge is -2.12. The second-order valence-corrected chi connectivity index (χ2v) is 6.70. The number of ether oxygens (including phenoxy) is 1. The van der Waals surface area contributed by atoms with Crippen molar-refractivity contribution in [2.45, 2.75) is 19.8 Å². The Morgan fingerprint density at radius 3 is 2.85 bits per heavy atom. The maximum Gasteiger partial charge on any atom is 0.228 e. The van der Waals surface area contributed by atoms with Gasteiger partial charge in [0, 0.05) is 30.6 Å². The van der Waals surface area contributed by atoms with Gasteiger partial charge >= 0.3 is 0 Å². The highest BCUT2D eigenvalue weighted by Gasteiger charge is 2.30. The van der Waals surface area contributed by atoms with Gasteiger partial charge in [-0.3, -0.25) is 4.79 Å². The minimum Gasteiger partial charge on any atom is -0.496 e. The first-order valence-electron chi connectivity index (χ1n) is 8.60. The van der Waals surface area contributed by atoms with E-state index in [4.69, 9.17) is 4.74 Å². The Morgan fingerprint density at radius 1 is 1.38 bits per heavy atom. The van der Waals surface area contributed by atoms with Crippen molar-refractivity contribution in [3.8, 4) is 17.0 Å². The fraction of sp³-hybridized carbons (Fsp3) is 0.300. The number of amides is 1. The van der Waals surface area contributed by atoms with Gasteiger partial charge in [-0.2, -0.15) is 0 Å². The number of halogens is 1. The summed E-state index contributed by atoms with van der Waals surface area (Å²) >= 11 is 0. The van der Waals surface area contributed by atoms with Crippen molar-refractivity contribution in [1.82, 2.24) is 9.55 Å². The first-order valence-corrected chi connectivity index (χ1v) is 8.60. The van der Waals surface area contributed by atoms with E-state index >= 15 is 0 Å². The summed E-state index contributed by atoms with van der Waals surface area (Å²) in [6.45, 7) is 1.94. The van der Waals surface area contributed by atoms with Crippen LogP contribution in [0.4, 0.5) is 10.2 Å². The molecule has 0 bridgehead atoms. The van der Waals surface area contributed by atoms with Crippen LogP contribution in [0.3, 0.4) is 0 Å². The molecule has 1 saturated carbocycles. The molecule has 2 aromatic heterocycles. The molecule has 134 valence electrons. The van der Waals surface area contributed by atoms with Crippen LogP contribution in [-0.4, -0.2) is 22.6 Å². The zero-order valence-corrected chi connectivity index (χ0v) is 15.0. The van der Waals surface area contributed by atoms with Crippen molar-refractivity contribution in [3.05, 3.63) is 41.8 Å². The molecule has 0 radical (unpaired) electrons. The van der Waals surface area contributed by atoms with Crippen molar-refractivity contribution in [3.63, 3.8) is 0 Å². The van der Waals surface area contributed by atoms with Crippen LogP contribution >= 0.6 is 0 Å². The average Bonchev–Trinajstić information content (AvgIpc) is 3.44. The van der Waals surface area contributed by atoms with Crippen molar-refractivity contribution < 1.29 is 13.9 Å². The quantitative estimate of drug-likeness (QED) is 0.770. The Bertz CT molecular complexity index is 1020. The van der Waals surface area contributed by atoms with Crippen molar-refractivity contribution in [2.75, 3.05) is 12.4 Å². The molecule has 2 heterocycles. The Morgan fingerprint density at radius 2 is 2.15 bits per heavy atom. The molecule has 6 heteroatoms. The van der Waals surface area contributed by atoms with Crippen LogP contribution in [-0.2, 0) is 11.8 Å². The molecule has 3 aromatic rings. The number of rotatable bonds is 4. The predicted molar refractivity (Wildman–Crippen MR) is 98.8 cm³/mol. The van der Waals surface area contributed by atoms with E-state index in [0.29, 0.717) is 17.1 Å². The number of benzene rings is 1. The van der Waals surface area contributed by atoms with E-state index < -0.39 is 0 Å². The summed E-state index contributed by atoms with van der Waals surface area (Å²) in [6.07, 6.45) is 3.60. The molecule has 0 unspecified atom stereocenters. The fourth-order valence-corrected chi connectivity index (χ4v) is 3.41. The smallest absolute Gasteiger partial charge is 0.228 e. The number of hydrogen-bond donors (Lipinski definition) is 1. The maximum atomic E-state index is 14.6. The number of anilines is 1. The second kappa shape index (κ2) is 6.12. The molecule has 0 spiro atoms. The number of carbonyl (C=O) groups excluding carboxylic acids is 1. The van der Waals surface area contributed by atoms with Crippen LogP contribution in [0.25, 0.3) is 22.2 Å². The molecule has 1 aliphatic rings. The first-order chi connectivity index (χ1) is 12.5. The van der Waals surface area contributed by atoms with Crippen molar-refractivity contribution >= 4 is 22.6 Å². The molecule has 0 atom stereocenters. The predicted octanol–water partition coefficient (Wildman–Crippen LogP) is 4.04. The number of hydrogen-bond acceptors (Lipinski definition) is 3. The highest BCUT2D eigenvalue weighted by Crippen LogP contribution is 2.39. The number of nitrogens with zero attached hydrogens (tertiary/aromatic N) is 2. The molecule has 4 rings (SSSR count). The lowest BCUT2D eigenvalue weighted by Crippen LogP contribution is -2.14. The number of aryl methyl sites for hydroxylation is 2. The van der Waals surface area contributed by atoms with Gasteiger partial charge in [-0.1, -0.05) is 6.07 Å². The third-order valence-electron chi connectivity index (χ3n) is 4.97. The van der Waals surface area contributed by atoms with Gasteiger partial charge in [0.05, 0.1) is 23.9 Å². The van der Waals surface area contributed by atoms with Gasteiger partial charge in [0.25, 0.3) is 0 Å². The molecule has 1 aromatic carbocycles. The molecular weight excluding hydrogens is 333 g/mol. The standard InChI is InChI=1S/C20H20FN3O2/c1-11-13-10-22-17(23-20(25)12-7-8-12)9-15(13)24(2)19(11)18-14(21)5-4-6-16(18)26-3/h4-6,9-10,12H,7-8H2,1-3H3,(H,22,23,25).